The molecule has 1 aromatic carbocycles. The lowest BCUT2D eigenvalue weighted by molar-refractivity contribution is 0.405. The van der Waals surface area contributed by atoms with Crippen molar-refractivity contribution < 1.29 is 4.74 Å². The van der Waals surface area contributed by atoms with E-state index >= 15 is 0 Å². The Hall–Kier alpha value is -1.10. The van der Waals surface area contributed by atoms with Gasteiger partial charge in [-0.25, -0.2) is 4.98 Å². The number of aromatic nitrogens is 1. The fraction of sp³-hybridized carbons (Fsp3) is 0.250. The van der Waals surface area contributed by atoms with E-state index in [0.717, 1.165) is 16.3 Å². The summed E-state index contributed by atoms with van der Waals surface area (Å²) < 4.78 is 5.29. The average Bonchev–Trinajstić information content (AvgIpc) is 2.81. The molecule has 0 radical (unpaired) electrons. The molecule has 3 nitrogen and oxygen atoms in total. The molecular weight excluding hydrogens is 256 g/mol. The first-order valence-electron chi connectivity index (χ1n) is 5.18. The normalized spacial score (nSPS) is 12.4. The van der Waals surface area contributed by atoms with Crippen LogP contribution in [0.1, 0.15) is 16.6 Å². The molecule has 0 saturated heterocycles. The third-order valence-electron chi connectivity index (χ3n) is 2.47. The van der Waals surface area contributed by atoms with Crippen LogP contribution in [-0.4, -0.2) is 12.1 Å². The van der Waals surface area contributed by atoms with Gasteiger partial charge < -0.3 is 10.5 Å². The molecule has 0 saturated carbocycles. The molecule has 0 aliphatic carbocycles. The quantitative estimate of drug-likeness (QED) is 0.927. The van der Waals surface area contributed by atoms with Crippen molar-refractivity contribution >= 4 is 22.9 Å². The van der Waals surface area contributed by atoms with E-state index in [1.165, 1.54) is 0 Å². The first-order valence-corrected chi connectivity index (χ1v) is 6.44. The van der Waals surface area contributed by atoms with Crippen LogP contribution in [0.3, 0.4) is 0 Å². The minimum Gasteiger partial charge on any atom is -0.496 e. The molecule has 2 aromatic rings. The summed E-state index contributed by atoms with van der Waals surface area (Å²) in [5.74, 6) is 0.724. The van der Waals surface area contributed by atoms with E-state index in [0.29, 0.717) is 11.4 Å². The van der Waals surface area contributed by atoms with Crippen LogP contribution in [0, 0.1) is 0 Å². The van der Waals surface area contributed by atoms with E-state index in [1.807, 2.05) is 17.5 Å². The van der Waals surface area contributed by atoms with Crippen molar-refractivity contribution in [3.8, 4) is 5.75 Å². The Morgan fingerprint density at radius 3 is 3.00 bits per heavy atom. The second-order valence-corrected chi connectivity index (χ2v) is 5.04. The summed E-state index contributed by atoms with van der Waals surface area (Å²) in [6.45, 7) is 0. The predicted octanol–water partition coefficient (Wildman–Crippen LogP) is 3.05. The summed E-state index contributed by atoms with van der Waals surface area (Å²) in [6, 6.07) is 5.37. The van der Waals surface area contributed by atoms with Gasteiger partial charge in [-0.1, -0.05) is 17.7 Å². The number of halogens is 1. The van der Waals surface area contributed by atoms with E-state index in [9.17, 15) is 0 Å². The second-order valence-electron chi connectivity index (χ2n) is 3.62. The molecule has 2 N–H and O–H groups in total. The van der Waals surface area contributed by atoms with E-state index in [2.05, 4.69) is 4.98 Å². The van der Waals surface area contributed by atoms with Crippen LogP contribution in [-0.2, 0) is 6.42 Å². The van der Waals surface area contributed by atoms with E-state index < -0.39 is 0 Å². The monoisotopic (exact) mass is 268 g/mol. The van der Waals surface area contributed by atoms with Gasteiger partial charge in [0, 0.05) is 34.6 Å². The fourth-order valence-corrected chi connectivity index (χ4v) is 2.48. The molecule has 1 atom stereocenters. The fourth-order valence-electron chi connectivity index (χ4n) is 1.64. The summed E-state index contributed by atoms with van der Waals surface area (Å²) in [7, 11) is 1.62. The van der Waals surface area contributed by atoms with Gasteiger partial charge in [0.15, 0.2) is 0 Å². The Balaban J connectivity index is 2.21. The topological polar surface area (TPSA) is 48.1 Å². The molecule has 90 valence electrons. The zero-order valence-electron chi connectivity index (χ0n) is 9.39. The van der Waals surface area contributed by atoms with Gasteiger partial charge in [0.25, 0.3) is 0 Å². The lowest BCUT2D eigenvalue weighted by Gasteiger charge is -2.14. The van der Waals surface area contributed by atoms with Crippen LogP contribution in [0.4, 0.5) is 0 Å². The Kier molecular flexibility index (Phi) is 3.99. The molecule has 0 aliphatic rings. The van der Waals surface area contributed by atoms with E-state index in [1.54, 1.807) is 30.7 Å². The zero-order chi connectivity index (χ0) is 12.3. The standard InChI is InChI=1S/C12H13ClN2OS/c1-16-11-6-8(13)2-3-9(11)10(14)7-12-15-4-5-17-12/h2-6,10H,7,14H2,1H3. The van der Waals surface area contributed by atoms with Crippen molar-refractivity contribution in [1.29, 1.82) is 0 Å². The van der Waals surface area contributed by atoms with Gasteiger partial charge in [0.05, 0.1) is 12.1 Å². The van der Waals surface area contributed by atoms with Crippen molar-refractivity contribution in [2.45, 2.75) is 12.5 Å². The molecule has 0 bridgehead atoms. The number of thiazole rings is 1. The summed E-state index contributed by atoms with van der Waals surface area (Å²) in [4.78, 5) is 4.23. The summed E-state index contributed by atoms with van der Waals surface area (Å²) in [5.41, 5.74) is 7.11. The molecular formula is C12H13ClN2OS. The van der Waals surface area contributed by atoms with E-state index in [-0.39, 0.29) is 6.04 Å². The Labute approximate surface area is 109 Å². The molecule has 1 aromatic heterocycles. The predicted molar refractivity (Wildman–Crippen MR) is 70.8 cm³/mol. The lowest BCUT2D eigenvalue weighted by atomic mass is 10.0. The highest BCUT2D eigenvalue weighted by molar-refractivity contribution is 7.09. The minimum absolute atomic E-state index is 0.131. The number of ether oxygens (including phenoxy) is 1. The van der Waals surface area contributed by atoms with Gasteiger partial charge >= 0.3 is 0 Å². The van der Waals surface area contributed by atoms with Gasteiger partial charge in [-0.2, -0.15) is 0 Å². The van der Waals surface area contributed by atoms with Gasteiger partial charge in [-0.05, 0) is 12.1 Å². The highest BCUT2D eigenvalue weighted by Gasteiger charge is 2.14. The third kappa shape index (κ3) is 2.97. The highest BCUT2D eigenvalue weighted by Crippen LogP contribution is 2.29. The lowest BCUT2D eigenvalue weighted by Crippen LogP contribution is -2.14. The molecule has 0 amide bonds. The molecule has 0 aliphatic heterocycles. The number of nitrogens with two attached hydrogens (primary N) is 1. The number of benzene rings is 1. The second kappa shape index (κ2) is 5.49. The molecule has 2 rings (SSSR count). The van der Waals surface area contributed by atoms with Gasteiger partial charge in [0.1, 0.15) is 5.75 Å². The number of methoxy groups -OCH3 is 1. The van der Waals surface area contributed by atoms with Crippen LogP contribution in [0.15, 0.2) is 29.8 Å². The Morgan fingerprint density at radius 1 is 1.53 bits per heavy atom. The van der Waals surface area contributed by atoms with Crippen molar-refractivity contribution in [1.82, 2.24) is 4.98 Å². The maximum Gasteiger partial charge on any atom is 0.125 e. The third-order valence-corrected chi connectivity index (χ3v) is 3.51. The SMILES string of the molecule is COc1cc(Cl)ccc1C(N)Cc1nccs1. The smallest absolute Gasteiger partial charge is 0.125 e. The molecule has 0 fully saturated rings. The zero-order valence-corrected chi connectivity index (χ0v) is 11.0. The van der Waals surface area contributed by atoms with Crippen LogP contribution in [0.5, 0.6) is 5.75 Å². The van der Waals surface area contributed by atoms with Crippen molar-refractivity contribution in [2.75, 3.05) is 7.11 Å². The van der Waals surface area contributed by atoms with Crippen molar-refractivity contribution in [2.24, 2.45) is 5.73 Å². The Bertz CT molecular complexity index is 487. The highest BCUT2D eigenvalue weighted by atomic mass is 35.5. The summed E-state index contributed by atoms with van der Waals surface area (Å²) in [5, 5.41) is 3.61. The van der Waals surface area contributed by atoms with Crippen LogP contribution >= 0.6 is 22.9 Å². The number of hydrogen-bond acceptors (Lipinski definition) is 4. The minimum atomic E-state index is -0.131. The molecule has 1 heterocycles. The first kappa shape index (κ1) is 12.4. The molecule has 1 unspecified atom stereocenters. The van der Waals surface area contributed by atoms with Gasteiger partial charge in [0.2, 0.25) is 0 Å². The largest absolute Gasteiger partial charge is 0.496 e. The van der Waals surface area contributed by atoms with Crippen LogP contribution in [0.25, 0.3) is 0 Å². The number of hydrogen-bond donors (Lipinski definition) is 1. The molecule has 0 spiro atoms. The Morgan fingerprint density at radius 2 is 2.35 bits per heavy atom. The maximum absolute atomic E-state index is 6.16. The van der Waals surface area contributed by atoms with Crippen molar-refractivity contribution in [3.63, 3.8) is 0 Å². The first-order chi connectivity index (χ1) is 8.20. The molecule has 5 heteroatoms. The van der Waals surface area contributed by atoms with E-state index in [4.69, 9.17) is 22.1 Å². The van der Waals surface area contributed by atoms with Gasteiger partial charge in [-0.3, -0.25) is 0 Å². The number of nitrogens with zero attached hydrogens (tertiary/aromatic N) is 1. The maximum atomic E-state index is 6.16. The average molecular weight is 269 g/mol. The van der Waals surface area contributed by atoms with Gasteiger partial charge in [-0.15, -0.1) is 11.3 Å². The van der Waals surface area contributed by atoms with Crippen molar-refractivity contribution in [3.05, 3.63) is 45.4 Å². The summed E-state index contributed by atoms with van der Waals surface area (Å²) in [6.07, 6.45) is 2.49. The van der Waals surface area contributed by atoms with Crippen LogP contribution < -0.4 is 10.5 Å². The molecule has 17 heavy (non-hydrogen) atoms. The number of rotatable bonds is 4. The van der Waals surface area contributed by atoms with Crippen LogP contribution in [0.2, 0.25) is 5.02 Å². The summed E-state index contributed by atoms with van der Waals surface area (Å²) >= 11 is 7.52.